The summed E-state index contributed by atoms with van der Waals surface area (Å²) in [4.78, 5) is 1.75. The second kappa shape index (κ2) is 11.4. The van der Waals surface area contributed by atoms with Crippen LogP contribution in [0.3, 0.4) is 0 Å². The fourth-order valence-electron chi connectivity index (χ4n) is 0. The summed E-state index contributed by atoms with van der Waals surface area (Å²) < 4.78 is 0. The van der Waals surface area contributed by atoms with E-state index >= 15 is 0 Å². The molecule has 0 saturated heterocycles. The number of hydrogen-bond donors (Lipinski definition) is 1. The molecule has 0 aliphatic carbocycles. The van der Waals surface area contributed by atoms with Gasteiger partial charge in [-0.1, -0.05) is 0 Å². The van der Waals surface area contributed by atoms with E-state index in [0.29, 0.717) is 0 Å². The first-order chi connectivity index (χ1) is 1.41. The van der Waals surface area contributed by atoms with Gasteiger partial charge in [0.15, 0.2) is 0 Å². The minimum Gasteiger partial charge on any atom is -1.00 e. The summed E-state index contributed by atoms with van der Waals surface area (Å²) in [6.07, 6.45) is 0. The van der Waals surface area contributed by atoms with Gasteiger partial charge in [-0.2, -0.15) is 0 Å². The Labute approximate surface area is 42.5 Å². The van der Waals surface area contributed by atoms with Crippen molar-refractivity contribution in [3.63, 3.8) is 0 Å². The van der Waals surface area contributed by atoms with Gasteiger partial charge in [0.05, 0.1) is 0 Å². The van der Waals surface area contributed by atoms with Crippen LogP contribution in [0.1, 0.15) is 2.85 Å². The number of rotatable bonds is 0. The fraction of sp³-hybridized carbons (Fsp3) is 0. The Balaban J connectivity index is -0.00000000667. The van der Waals surface area contributed by atoms with Gasteiger partial charge >= 0.3 is 23.1 Å². The molecule has 0 bridgehead atoms. The molecule has 3 nitrogen and oxygen atoms in total. The molecule has 0 saturated carbocycles. The van der Waals surface area contributed by atoms with E-state index in [2.05, 4.69) is 0 Å². The van der Waals surface area contributed by atoms with Crippen LogP contribution < -0.4 is 0 Å². The van der Waals surface area contributed by atoms with E-state index in [4.69, 9.17) is 11.1 Å². The van der Waals surface area contributed by atoms with Crippen LogP contribution in [0, 0.1) is 5.53 Å². The van der Waals surface area contributed by atoms with Crippen molar-refractivity contribution in [3.8, 4) is 0 Å². The van der Waals surface area contributed by atoms with Gasteiger partial charge in [-0.25, -0.2) is 0 Å². The molecule has 0 aromatic rings. The van der Waals surface area contributed by atoms with Gasteiger partial charge in [-0.15, -0.1) is 5.53 Å². The molecular formula is H3MgN3. The molecule has 0 spiro atoms. The molecule has 20 valence electrons. The van der Waals surface area contributed by atoms with Crippen LogP contribution in [0.25, 0.3) is 10.4 Å². The maximum absolute atomic E-state index is 6.86. The Bertz CT molecular complexity index is 29.8. The van der Waals surface area contributed by atoms with Gasteiger partial charge in [-0.05, 0) is 10.4 Å². The fourth-order valence-corrected chi connectivity index (χ4v) is 0. The summed E-state index contributed by atoms with van der Waals surface area (Å²) in [7, 11) is 0. The smallest absolute Gasteiger partial charge is 1.00 e. The first-order valence-electron chi connectivity index (χ1n) is 0.424. The Morgan fingerprint density at radius 2 is 2.00 bits per heavy atom. The van der Waals surface area contributed by atoms with Crippen molar-refractivity contribution in [1.82, 2.24) is 0 Å². The zero-order chi connectivity index (χ0) is 2.71. The van der Waals surface area contributed by atoms with Crippen LogP contribution in [0.5, 0.6) is 0 Å². The molecule has 0 aromatic heterocycles. The average Bonchev–Trinajstić information content (AvgIpc) is 0.918. The van der Waals surface area contributed by atoms with E-state index in [0.717, 1.165) is 0 Å². The molecule has 1 N–H and O–H groups in total. The van der Waals surface area contributed by atoms with Crippen molar-refractivity contribution in [1.29, 1.82) is 5.53 Å². The molecule has 4 heavy (non-hydrogen) atoms. The molecule has 0 fully saturated rings. The van der Waals surface area contributed by atoms with E-state index in [-0.39, 0.29) is 25.9 Å². The number of hydrogen-bond acceptors (Lipinski definition) is 1. The average molecular weight is 69.3 g/mol. The molecule has 0 radical (unpaired) electrons. The third kappa shape index (κ3) is 414. The van der Waals surface area contributed by atoms with Gasteiger partial charge in [0.2, 0.25) is 0 Å². The largest absolute Gasteiger partial charge is 2.00 e. The summed E-state index contributed by atoms with van der Waals surface area (Å²) >= 11 is 0. The second-order valence-corrected chi connectivity index (χ2v) is 0.100. The third-order valence-electron chi connectivity index (χ3n) is 0. The van der Waals surface area contributed by atoms with E-state index in [1.165, 1.54) is 0 Å². The van der Waals surface area contributed by atoms with Gasteiger partial charge in [0, 0.05) is 0 Å². The zero-order valence-corrected chi connectivity index (χ0v) is 3.52. The van der Waals surface area contributed by atoms with Gasteiger partial charge in [-0.3, -0.25) is 0 Å². The number of nitrogens with one attached hydrogen (secondary N) is 1. The standard InChI is InChI=1S/Mg.HN3.2H/c;1-3-2;;/h;1H;;/q+2;;2*-1. The normalized spacial score (nSPS) is 2.00. The van der Waals surface area contributed by atoms with E-state index < -0.39 is 0 Å². The molecular weight excluding hydrogens is 66.3 g/mol. The summed E-state index contributed by atoms with van der Waals surface area (Å²) in [5.74, 6) is 0. The van der Waals surface area contributed by atoms with Crippen LogP contribution in [0.15, 0.2) is 0 Å². The van der Waals surface area contributed by atoms with Gasteiger partial charge in [0.25, 0.3) is 0 Å². The van der Waals surface area contributed by atoms with Crippen LogP contribution in [0.2, 0.25) is 0 Å². The first-order valence-corrected chi connectivity index (χ1v) is 0.424. The summed E-state index contributed by atoms with van der Waals surface area (Å²) in [5.41, 5.74) is 12.2. The van der Waals surface area contributed by atoms with Crippen molar-refractivity contribution in [2.45, 2.75) is 0 Å². The molecule has 0 aliphatic rings. The first kappa shape index (κ1) is 8.95. The Kier molecular flexibility index (Phi) is 25.6. The molecule has 0 aromatic carbocycles. The minimum absolute atomic E-state index is 0. The predicted molar refractivity (Wildman–Crippen MR) is 17.4 cm³/mol. The van der Waals surface area contributed by atoms with Gasteiger partial charge < -0.3 is 2.85 Å². The van der Waals surface area contributed by atoms with E-state index in [1.807, 2.05) is 0 Å². The molecule has 0 amide bonds. The van der Waals surface area contributed by atoms with E-state index in [1.54, 1.807) is 4.91 Å². The minimum atomic E-state index is 0. The van der Waals surface area contributed by atoms with E-state index in [9.17, 15) is 0 Å². The molecule has 4 heteroatoms. The van der Waals surface area contributed by atoms with Crippen molar-refractivity contribution in [2.75, 3.05) is 0 Å². The van der Waals surface area contributed by atoms with Crippen molar-refractivity contribution in [3.05, 3.63) is 10.4 Å². The topological polar surface area (TPSA) is 60.3 Å². The molecule has 0 aliphatic heterocycles. The van der Waals surface area contributed by atoms with Crippen LogP contribution in [-0.4, -0.2) is 23.1 Å². The summed E-state index contributed by atoms with van der Waals surface area (Å²) in [5, 5.41) is 0. The summed E-state index contributed by atoms with van der Waals surface area (Å²) in [6, 6.07) is 0. The Hall–Kier alpha value is 0.0762. The molecule has 0 rings (SSSR count). The second-order valence-electron chi connectivity index (χ2n) is 0.100. The quantitative estimate of drug-likeness (QED) is 0.189. The number of nitrogens with zero attached hydrogens (tertiary/aromatic N) is 2. The Morgan fingerprint density at radius 1 is 2.00 bits per heavy atom. The summed E-state index contributed by atoms with van der Waals surface area (Å²) in [6.45, 7) is 0. The molecule has 0 heterocycles. The third-order valence-corrected chi connectivity index (χ3v) is 0. The van der Waals surface area contributed by atoms with Crippen LogP contribution >= 0.6 is 0 Å². The molecule has 0 unspecified atom stereocenters. The van der Waals surface area contributed by atoms with Crippen LogP contribution in [0.4, 0.5) is 0 Å². The van der Waals surface area contributed by atoms with Crippen molar-refractivity contribution >= 4 is 23.1 Å². The van der Waals surface area contributed by atoms with Crippen molar-refractivity contribution in [2.24, 2.45) is 0 Å². The van der Waals surface area contributed by atoms with Gasteiger partial charge in [0.1, 0.15) is 0 Å². The maximum Gasteiger partial charge on any atom is 2.00 e. The molecule has 0 atom stereocenters. The maximum atomic E-state index is 6.86. The predicted octanol–water partition coefficient (Wildman–Crippen LogP) is 0.720. The SMILES string of the molecule is [H-].[H-].[Mg+2].[N-]=[N+]=N. The Morgan fingerprint density at radius 3 is 2.00 bits per heavy atom. The van der Waals surface area contributed by atoms with Crippen LogP contribution in [-0.2, 0) is 0 Å². The zero-order valence-electron chi connectivity index (χ0n) is 4.10. The van der Waals surface area contributed by atoms with Crippen molar-refractivity contribution < 1.29 is 2.85 Å². The monoisotopic (exact) mass is 69.0 g/mol.